The minimum absolute atomic E-state index is 0.0623. The van der Waals surface area contributed by atoms with Crippen molar-refractivity contribution in [2.75, 3.05) is 6.61 Å². The van der Waals surface area contributed by atoms with E-state index < -0.39 is 11.7 Å². The van der Waals surface area contributed by atoms with Gasteiger partial charge in [-0.25, -0.2) is 4.99 Å². The zero-order valence-corrected chi connectivity index (χ0v) is 10.6. The second-order valence-electron chi connectivity index (χ2n) is 4.65. The third-order valence-corrected chi connectivity index (χ3v) is 3.33. The summed E-state index contributed by atoms with van der Waals surface area (Å²) in [6.45, 7) is 2.53. The maximum atomic E-state index is 12.5. The van der Waals surface area contributed by atoms with Crippen LogP contribution in [-0.4, -0.2) is 19.0 Å². The van der Waals surface area contributed by atoms with Gasteiger partial charge in [0.2, 0.25) is 0 Å². The quantitative estimate of drug-likeness (QED) is 0.813. The first-order valence-electron chi connectivity index (χ1n) is 6.24. The Kier molecular flexibility index (Phi) is 4.12. The first-order chi connectivity index (χ1) is 9.00. The molecule has 103 valence electrons. The van der Waals surface area contributed by atoms with Gasteiger partial charge in [-0.2, -0.15) is 13.2 Å². The Balaban J connectivity index is 2.08. The predicted octanol–water partition coefficient (Wildman–Crippen LogP) is 3.89. The molecule has 0 saturated carbocycles. The largest absolute Gasteiger partial charge is 0.472 e. The van der Waals surface area contributed by atoms with Crippen LogP contribution in [0.3, 0.4) is 0 Å². The summed E-state index contributed by atoms with van der Waals surface area (Å²) >= 11 is 0. The van der Waals surface area contributed by atoms with E-state index in [1.807, 2.05) is 6.92 Å². The summed E-state index contributed by atoms with van der Waals surface area (Å²) < 4.78 is 42.4. The lowest BCUT2D eigenvalue weighted by atomic mass is 9.90. The van der Waals surface area contributed by atoms with Gasteiger partial charge < -0.3 is 4.74 Å². The molecule has 19 heavy (non-hydrogen) atoms. The smallest absolute Gasteiger partial charge is 0.416 e. The predicted molar refractivity (Wildman–Crippen MR) is 66.3 cm³/mol. The number of ether oxygens (including phenoxy) is 1. The van der Waals surface area contributed by atoms with Crippen LogP contribution in [0, 0.1) is 0 Å². The van der Waals surface area contributed by atoms with Crippen molar-refractivity contribution < 1.29 is 17.9 Å². The molecule has 1 aliphatic heterocycles. The highest BCUT2D eigenvalue weighted by atomic mass is 19.4. The fourth-order valence-electron chi connectivity index (χ4n) is 2.21. The number of nitrogens with zero attached hydrogens (tertiary/aromatic N) is 1. The van der Waals surface area contributed by atoms with Crippen LogP contribution in [0.4, 0.5) is 13.2 Å². The molecular weight excluding hydrogens is 255 g/mol. The standard InChI is InChI=1S/C14H15F3NO/c1-2-10(7-13-8-19-9-18-13)11-3-5-12(6-4-11)14(15,16)17/h3-6,10,13H,2,7-8H2,1H3. The summed E-state index contributed by atoms with van der Waals surface area (Å²) in [5, 5.41) is 0. The molecule has 0 fully saturated rings. The van der Waals surface area contributed by atoms with Crippen molar-refractivity contribution in [1.29, 1.82) is 0 Å². The molecule has 0 saturated heterocycles. The normalized spacial score (nSPS) is 20.3. The third-order valence-electron chi connectivity index (χ3n) is 3.33. The number of alkyl halides is 3. The number of benzene rings is 1. The van der Waals surface area contributed by atoms with Crippen LogP contribution in [-0.2, 0) is 10.9 Å². The van der Waals surface area contributed by atoms with E-state index in [2.05, 4.69) is 11.4 Å². The number of halogens is 3. The van der Waals surface area contributed by atoms with Gasteiger partial charge in [0.1, 0.15) is 6.61 Å². The maximum Gasteiger partial charge on any atom is 0.416 e. The molecule has 1 radical (unpaired) electrons. The molecule has 1 aromatic rings. The zero-order chi connectivity index (χ0) is 13.9. The van der Waals surface area contributed by atoms with E-state index in [1.54, 1.807) is 12.1 Å². The Morgan fingerprint density at radius 3 is 2.53 bits per heavy atom. The Hall–Kier alpha value is -1.52. The van der Waals surface area contributed by atoms with Gasteiger partial charge in [0.15, 0.2) is 0 Å². The summed E-state index contributed by atoms with van der Waals surface area (Å²) in [6.07, 6.45) is -0.189. The maximum absolute atomic E-state index is 12.5. The summed E-state index contributed by atoms with van der Waals surface area (Å²) in [4.78, 5) is 4.05. The topological polar surface area (TPSA) is 21.6 Å². The van der Waals surface area contributed by atoms with Crippen LogP contribution >= 0.6 is 0 Å². The highest BCUT2D eigenvalue weighted by Crippen LogP contribution is 2.32. The molecule has 1 heterocycles. The van der Waals surface area contributed by atoms with E-state index in [0.29, 0.717) is 6.61 Å². The van der Waals surface area contributed by atoms with Crippen molar-refractivity contribution in [3.63, 3.8) is 0 Å². The second-order valence-corrected chi connectivity index (χ2v) is 4.65. The zero-order valence-electron chi connectivity index (χ0n) is 10.6. The van der Waals surface area contributed by atoms with Gasteiger partial charge in [-0.15, -0.1) is 0 Å². The highest BCUT2D eigenvalue weighted by molar-refractivity contribution is 5.49. The van der Waals surface area contributed by atoms with Crippen molar-refractivity contribution in [2.24, 2.45) is 4.99 Å². The lowest BCUT2D eigenvalue weighted by Crippen LogP contribution is -2.12. The van der Waals surface area contributed by atoms with Gasteiger partial charge in [-0.1, -0.05) is 19.1 Å². The van der Waals surface area contributed by atoms with Crippen molar-refractivity contribution in [2.45, 2.75) is 37.9 Å². The first kappa shape index (κ1) is 13.9. The average molecular weight is 270 g/mol. The van der Waals surface area contributed by atoms with E-state index in [0.717, 1.165) is 30.5 Å². The molecule has 0 amide bonds. The molecule has 2 nitrogen and oxygen atoms in total. The first-order valence-corrected chi connectivity index (χ1v) is 6.24. The lowest BCUT2D eigenvalue weighted by molar-refractivity contribution is -0.137. The van der Waals surface area contributed by atoms with Gasteiger partial charge in [0.05, 0.1) is 11.6 Å². The van der Waals surface area contributed by atoms with Crippen molar-refractivity contribution in [3.05, 3.63) is 35.4 Å². The Morgan fingerprint density at radius 2 is 2.05 bits per heavy atom. The molecule has 1 aromatic carbocycles. The van der Waals surface area contributed by atoms with Crippen molar-refractivity contribution in [3.8, 4) is 0 Å². The SMILES string of the molecule is CCC(CC1CO[C]=N1)c1ccc(C(F)(F)F)cc1. The van der Waals surface area contributed by atoms with Gasteiger partial charge in [0, 0.05) is 0 Å². The monoisotopic (exact) mass is 270 g/mol. The number of hydrogen-bond donors (Lipinski definition) is 0. The van der Waals surface area contributed by atoms with Gasteiger partial charge in [-0.05, 0) is 36.5 Å². The van der Waals surface area contributed by atoms with Gasteiger partial charge in [0.25, 0.3) is 6.40 Å². The third kappa shape index (κ3) is 3.49. The second kappa shape index (κ2) is 5.63. The molecule has 2 unspecified atom stereocenters. The van der Waals surface area contributed by atoms with E-state index in [-0.39, 0.29) is 12.0 Å². The Morgan fingerprint density at radius 1 is 1.37 bits per heavy atom. The molecular formula is C14H15F3NO. The van der Waals surface area contributed by atoms with Crippen molar-refractivity contribution >= 4 is 6.40 Å². The average Bonchev–Trinajstić information content (AvgIpc) is 2.88. The minimum Gasteiger partial charge on any atom is -0.472 e. The fraction of sp³-hybridized carbons (Fsp3) is 0.500. The number of aliphatic imine (C=N–C) groups is 1. The molecule has 0 spiro atoms. The van der Waals surface area contributed by atoms with Crippen LogP contribution in [0.5, 0.6) is 0 Å². The molecule has 0 bridgehead atoms. The number of hydrogen-bond acceptors (Lipinski definition) is 2. The molecule has 0 aromatic heterocycles. The van der Waals surface area contributed by atoms with Crippen LogP contribution in [0.2, 0.25) is 0 Å². The van der Waals surface area contributed by atoms with Crippen LogP contribution in [0.25, 0.3) is 0 Å². The van der Waals surface area contributed by atoms with Gasteiger partial charge in [-0.3, -0.25) is 0 Å². The summed E-state index contributed by atoms with van der Waals surface area (Å²) in [7, 11) is 0. The van der Waals surface area contributed by atoms with E-state index in [1.165, 1.54) is 0 Å². The summed E-state index contributed by atoms with van der Waals surface area (Å²) in [5.74, 6) is 0.194. The fourth-order valence-corrected chi connectivity index (χ4v) is 2.21. The van der Waals surface area contributed by atoms with Crippen LogP contribution in [0.1, 0.15) is 36.8 Å². The molecule has 2 atom stereocenters. The molecule has 5 heteroatoms. The molecule has 0 N–H and O–H groups in total. The minimum atomic E-state index is -4.28. The highest BCUT2D eigenvalue weighted by Gasteiger charge is 2.30. The van der Waals surface area contributed by atoms with Gasteiger partial charge >= 0.3 is 6.18 Å². The Labute approximate surface area is 110 Å². The van der Waals surface area contributed by atoms with Crippen LogP contribution in [0.15, 0.2) is 29.3 Å². The molecule has 0 aliphatic carbocycles. The van der Waals surface area contributed by atoms with E-state index in [9.17, 15) is 13.2 Å². The number of rotatable bonds is 4. The molecule has 1 aliphatic rings. The summed E-state index contributed by atoms with van der Waals surface area (Å²) in [6, 6.07) is 5.45. The lowest BCUT2D eigenvalue weighted by Gasteiger charge is -2.18. The molecule has 2 rings (SSSR count). The van der Waals surface area contributed by atoms with E-state index >= 15 is 0 Å². The summed E-state index contributed by atoms with van der Waals surface area (Å²) in [5.41, 5.74) is 0.305. The van der Waals surface area contributed by atoms with Crippen molar-refractivity contribution in [1.82, 2.24) is 0 Å². The van der Waals surface area contributed by atoms with Crippen LogP contribution < -0.4 is 0 Å². The van der Waals surface area contributed by atoms with E-state index in [4.69, 9.17) is 4.74 Å². The Bertz CT molecular complexity index is 439.